The van der Waals surface area contributed by atoms with Crippen molar-refractivity contribution in [3.63, 3.8) is 0 Å². The number of alkyl halides is 9. The van der Waals surface area contributed by atoms with Crippen LogP contribution in [0.1, 0.15) is 76.4 Å². The number of rotatable bonds is 20. The summed E-state index contributed by atoms with van der Waals surface area (Å²) in [6, 6.07) is 35.4. The van der Waals surface area contributed by atoms with E-state index in [0.717, 1.165) is 46.3 Å². The molecule has 23 heteroatoms. The van der Waals surface area contributed by atoms with Gasteiger partial charge in [-0.25, -0.2) is 31.1 Å². The number of benzene rings is 7. The van der Waals surface area contributed by atoms with Gasteiger partial charge in [-0.2, -0.15) is 43.8 Å². The van der Waals surface area contributed by atoms with Crippen molar-refractivity contribution in [1.82, 2.24) is 9.03 Å². The van der Waals surface area contributed by atoms with Crippen molar-refractivity contribution >= 4 is 32.0 Å². The fourth-order valence-electron chi connectivity index (χ4n) is 7.71. The zero-order chi connectivity index (χ0) is 59.3. The summed E-state index contributed by atoms with van der Waals surface area (Å²) < 4.78 is 193. The Labute approximate surface area is 462 Å². The Hall–Kier alpha value is -7.73. The number of carbonyl (C=O) groups is 2. The first kappa shape index (κ1) is 62.5. The molecule has 0 aromatic heterocycles. The van der Waals surface area contributed by atoms with Crippen LogP contribution in [0.2, 0.25) is 0 Å². The van der Waals surface area contributed by atoms with E-state index in [0.29, 0.717) is 51.3 Å². The molecule has 1 N–H and O–H groups in total. The number of ether oxygens (including phenoxy) is 4. The van der Waals surface area contributed by atoms with Gasteiger partial charge in [0.15, 0.2) is 0 Å². The zero-order valence-electron chi connectivity index (χ0n) is 43.7. The Kier molecular flexibility index (Phi) is 20.6. The van der Waals surface area contributed by atoms with Crippen LogP contribution in [-0.2, 0) is 80.6 Å². The minimum absolute atomic E-state index is 0.0285. The number of nitrogens with one attached hydrogen (secondary N) is 1. The number of aryl methyl sites for hydroxylation is 2. The molecule has 0 aliphatic heterocycles. The molecular weight excluding hydrogens is 1120 g/mol. The number of methoxy groups -OCH3 is 2. The third kappa shape index (κ3) is 17.6. The maximum absolute atomic E-state index is 13.8. The van der Waals surface area contributed by atoms with E-state index in [9.17, 15) is 65.9 Å². The lowest BCUT2D eigenvalue weighted by atomic mass is 10.1. The summed E-state index contributed by atoms with van der Waals surface area (Å²) in [5.74, 6) is -0.359. The molecule has 0 bridgehead atoms. The van der Waals surface area contributed by atoms with Crippen molar-refractivity contribution in [1.29, 1.82) is 0 Å². The molecule has 0 heterocycles. The fraction of sp³-hybridized carbons (Fsp3) is 0.241. The molecule has 81 heavy (non-hydrogen) atoms. The summed E-state index contributed by atoms with van der Waals surface area (Å²) in [7, 11) is -5.66. The number of hydrogen-bond acceptors (Lipinski definition) is 10. The van der Waals surface area contributed by atoms with E-state index in [-0.39, 0.29) is 60.2 Å². The third-order valence-electron chi connectivity index (χ3n) is 12.4. The highest BCUT2D eigenvalue weighted by molar-refractivity contribution is 7.89. The molecule has 0 radical (unpaired) electrons. The Morgan fingerprint density at radius 1 is 0.469 bits per heavy atom. The summed E-state index contributed by atoms with van der Waals surface area (Å²) in [5, 5.41) is 0. The number of carbonyl (C=O) groups excluding carboxylic acids is 2. The van der Waals surface area contributed by atoms with Crippen molar-refractivity contribution in [2.75, 3.05) is 27.3 Å². The first-order chi connectivity index (χ1) is 38.1. The van der Waals surface area contributed by atoms with Gasteiger partial charge in [0.2, 0.25) is 20.0 Å². The highest BCUT2D eigenvalue weighted by atomic mass is 32.2. The molecule has 0 atom stereocenters. The standard InChI is InChI=1S/C33H29F6NO5S.C25H24F3NO5S/c1-22-3-16-29(19-30(22)31(41)44-2)46(42,43)40(20-24-4-10-26(11-5-24)32(34,35)36)18-17-23-8-14-28(15-9-23)45-21-25-6-12-27(13-7-25)33(37,38)39;1-17-3-12-22(15-23(17)24(30)33-2)35(31,32)29-14-13-18-6-10-21(11-7-18)34-16-19-4-8-20(9-5-19)25(26,27)28/h3-16,19H,17-18,20-21H2,1-2H3;3-12,15,29H,13-14,16H2,1-2H3. The highest BCUT2D eigenvalue weighted by Crippen LogP contribution is 2.32. The van der Waals surface area contributed by atoms with E-state index < -0.39 is 67.2 Å². The van der Waals surface area contributed by atoms with Gasteiger partial charge in [0, 0.05) is 19.6 Å². The van der Waals surface area contributed by atoms with Crippen LogP contribution in [0.25, 0.3) is 0 Å². The minimum Gasteiger partial charge on any atom is -0.489 e. The second-order valence-electron chi connectivity index (χ2n) is 18.1. The largest absolute Gasteiger partial charge is 0.489 e. The second kappa shape index (κ2) is 26.7. The van der Waals surface area contributed by atoms with Crippen molar-refractivity contribution in [3.05, 3.63) is 224 Å². The number of esters is 2. The Morgan fingerprint density at radius 3 is 1.22 bits per heavy atom. The Balaban J connectivity index is 0.000000271. The van der Waals surface area contributed by atoms with Gasteiger partial charge in [-0.1, -0.05) is 72.8 Å². The van der Waals surface area contributed by atoms with E-state index in [4.69, 9.17) is 14.2 Å². The highest BCUT2D eigenvalue weighted by Gasteiger charge is 2.33. The molecule has 0 aliphatic carbocycles. The van der Waals surface area contributed by atoms with Gasteiger partial charge in [-0.3, -0.25) is 0 Å². The first-order valence-electron chi connectivity index (χ1n) is 24.4. The van der Waals surface area contributed by atoms with Crippen molar-refractivity contribution in [2.45, 2.75) is 74.8 Å². The van der Waals surface area contributed by atoms with Gasteiger partial charge < -0.3 is 18.9 Å². The minimum atomic E-state index is -4.55. The van der Waals surface area contributed by atoms with Crippen molar-refractivity contribution < 1.29 is 84.9 Å². The van der Waals surface area contributed by atoms with E-state index in [1.807, 2.05) is 0 Å². The summed E-state index contributed by atoms with van der Waals surface area (Å²) in [5.41, 5.74) is 2.03. The molecule has 7 aromatic rings. The topological polar surface area (TPSA) is 155 Å². The average molecular weight is 1170 g/mol. The van der Waals surface area contributed by atoms with Crippen LogP contribution in [0.4, 0.5) is 39.5 Å². The van der Waals surface area contributed by atoms with Gasteiger partial charge in [0.1, 0.15) is 24.7 Å². The third-order valence-corrected chi connectivity index (χ3v) is 15.7. The number of sulfonamides is 2. The quantitative estimate of drug-likeness (QED) is 0.0576. The van der Waals surface area contributed by atoms with Crippen LogP contribution >= 0.6 is 0 Å². The molecular formula is C58H53F9N2O10S2. The summed E-state index contributed by atoms with van der Waals surface area (Å²) in [4.78, 5) is 23.8. The van der Waals surface area contributed by atoms with Gasteiger partial charge >= 0.3 is 30.5 Å². The fourth-order valence-corrected chi connectivity index (χ4v) is 10.2. The lowest BCUT2D eigenvalue weighted by molar-refractivity contribution is -0.138. The van der Waals surface area contributed by atoms with E-state index in [1.165, 1.54) is 80.9 Å². The molecule has 430 valence electrons. The number of nitrogens with zero attached hydrogens (tertiary/aromatic N) is 1. The summed E-state index contributed by atoms with van der Waals surface area (Å²) in [6.45, 7) is 3.29. The lowest BCUT2D eigenvalue weighted by Gasteiger charge is -2.23. The van der Waals surface area contributed by atoms with E-state index in [2.05, 4.69) is 9.46 Å². The molecule has 0 saturated carbocycles. The Morgan fingerprint density at radius 2 is 0.827 bits per heavy atom. The molecule has 7 aromatic carbocycles. The van der Waals surface area contributed by atoms with Crippen LogP contribution in [0.5, 0.6) is 11.5 Å². The van der Waals surface area contributed by atoms with Crippen LogP contribution in [0, 0.1) is 13.8 Å². The second-order valence-corrected chi connectivity index (χ2v) is 21.8. The van der Waals surface area contributed by atoms with Gasteiger partial charge in [0.05, 0.1) is 51.8 Å². The molecule has 0 fully saturated rings. The SMILES string of the molecule is COC(=O)c1cc(S(=O)(=O)N(CCc2ccc(OCc3ccc(C(F)(F)F)cc3)cc2)Cc2ccc(C(F)(F)F)cc2)ccc1C.COC(=O)c1cc(S(=O)(=O)NCCc2ccc(OCc3ccc(C(F)(F)F)cc3)cc2)ccc1C. The Bertz CT molecular complexity index is 3490. The zero-order valence-corrected chi connectivity index (χ0v) is 45.3. The average Bonchev–Trinajstić information content (AvgIpc) is 3.57. The lowest BCUT2D eigenvalue weighted by Crippen LogP contribution is -2.33. The van der Waals surface area contributed by atoms with Crippen molar-refractivity contribution in [3.8, 4) is 11.5 Å². The molecule has 0 aliphatic rings. The first-order valence-corrected chi connectivity index (χ1v) is 27.3. The maximum Gasteiger partial charge on any atom is 0.416 e. The normalized spacial score (nSPS) is 12.1. The molecule has 0 saturated heterocycles. The van der Waals surface area contributed by atoms with Gasteiger partial charge in [0.25, 0.3) is 0 Å². The van der Waals surface area contributed by atoms with E-state index in [1.54, 1.807) is 68.4 Å². The monoisotopic (exact) mass is 1170 g/mol. The summed E-state index contributed by atoms with van der Waals surface area (Å²) in [6.07, 6.45) is -12.7. The molecule has 0 unspecified atom stereocenters. The predicted molar refractivity (Wildman–Crippen MR) is 281 cm³/mol. The number of halogens is 9. The molecule has 12 nitrogen and oxygen atoms in total. The maximum atomic E-state index is 13.8. The van der Waals surface area contributed by atoms with Gasteiger partial charge in [-0.05, 0) is 151 Å². The van der Waals surface area contributed by atoms with Crippen molar-refractivity contribution in [2.24, 2.45) is 0 Å². The molecule has 0 spiro atoms. The number of hydrogen-bond donors (Lipinski definition) is 1. The van der Waals surface area contributed by atoms with Gasteiger partial charge in [-0.15, -0.1) is 0 Å². The summed E-state index contributed by atoms with van der Waals surface area (Å²) >= 11 is 0. The molecule has 0 amide bonds. The smallest absolute Gasteiger partial charge is 0.416 e. The molecule has 7 rings (SSSR count). The van der Waals surface area contributed by atoms with E-state index >= 15 is 0 Å². The van der Waals surface area contributed by atoms with Crippen LogP contribution in [0.3, 0.4) is 0 Å². The van der Waals surface area contributed by atoms with Crippen LogP contribution in [-0.4, -0.2) is 60.4 Å². The van der Waals surface area contributed by atoms with Crippen LogP contribution in [0.15, 0.2) is 168 Å². The predicted octanol–water partition coefficient (Wildman–Crippen LogP) is 12.7. The van der Waals surface area contributed by atoms with Crippen LogP contribution < -0.4 is 14.2 Å².